The maximum absolute atomic E-state index is 13.9. The lowest BCUT2D eigenvalue weighted by Crippen LogP contribution is -2.54. The predicted octanol–water partition coefficient (Wildman–Crippen LogP) is 4.65. The zero-order valence-electron chi connectivity index (χ0n) is 21.2. The Hall–Kier alpha value is -2.89. The van der Waals surface area contributed by atoms with E-state index in [4.69, 9.17) is 0 Å². The fourth-order valence-corrected chi connectivity index (χ4v) is 7.27. The zero-order valence-corrected chi connectivity index (χ0v) is 22.1. The lowest BCUT2D eigenvalue weighted by atomic mass is 10.1. The van der Waals surface area contributed by atoms with E-state index in [9.17, 15) is 26.0 Å². The van der Waals surface area contributed by atoms with Crippen LogP contribution < -0.4 is 9.80 Å². The molecule has 5 rings (SSSR count). The van der Waals surface area contributed by atoms with Crippen molar-refractivity contribution in [1.82, 2.24) is 9.21 Å². The van der Waals surface area contributed by atoms with Crippen molar-refractivity contribution in [3.8, 4) is 0 Å². The summed E-state index contributed by atoms with van der Waals surface area (Å²) in [6, 6.07) is 12.9. The quantitative estimate of drug-likeness (QED) is 0.443. The highest BCUT2D eigenvalue weighted by Gasteiger charge is 2.39. The molecule has 2 heterocycles. The molecule has 2 fully saturated rings. The van der Waals surface area contributed by atoms with Gasteiger partial charge in [0.1, 0.15) is 5.82 Å². The third kappa shape index (κ3) is 4.94. The second kappa shape index (κ2) is 10.0. The number of fused-ring (bicyclic) bond motifs is 1. The van der Waals surface area contributed by atoms with E-state index in [0.717, 1.165) is 49.4 Å². The lowest BCUT2D eigenvalue weighted by molar-refractivity contribution is -0.137. The van der Waals surface area contributed by atoms with Gasteiger partial charge in [-0.05, 0) is 44.3 Å². The summed E-state index contributed by atoms with van der Waals surface area (Å²) in [6.07, 6.45) is -4.73. The van der Waals surface area contributed by atoms with Crippen molar-refractivity contribution in [2.24, 2.45) is 0 Å². The van der Waals surface area contributed by atoms with E-state index in [1.807, 2.05) is 24.3 Å². The van der Waals surface area contributed by atoms with E-state index in [1.165, 1.54) is 9.21 Å². The molecular formula is C27H30F4N4O2S. The first kappa shape index (κ1) is 26.7. The van der Waals surface area contributed by atoms with Crippen LogP contribution in [0.1, 0.15) is 12.5 Å². The van der Waals surface area contributed by atoms with Gasteiger partial charge < -0.3 is 14.7 Å². The Bertz CT molecular complexity index is 1440. The van der Waals surface area contributed by atoms with Crippen LogP contribution in [0.15, 0.2) is 59.5 Å². The maximum atomic E-state index is 13.9. The Balaban J connectivity index is 1.44. The number of piperazine rings is 2. The van der Waals surface area contributed by atoms with Crippen molar-refractivity contribution < 1.29 is 26.0 Å². The van der Waals surface area contributed by atoms with Crippen molar-refractivity contribution in [3.05, 3.63) is 66.0 Å². The number of halogens is 4. The number of alkyl halides is 3. The maximum Gasteiger partial charge on any atom is 0.418 e. The lowest BCUT2D eigenvalue weighted by Gasteiger charge is -2.41. The highest BCUT2D eigenvalue weighted by atomic mass is 32.2. The Labute approximate surface area is 220 Å². The van der Waals surface area contributed by atoms with Gasteiger partial charge in [-0.2, -0.15) is 17.5 Å². The number of nitrogens with zero attached hydrogens (tertiary/aromatic N) is 4. The number of hydrogen-bond donors (Lipinski definition) is 0. The monoisotopic (exact) mass is 550 g/mol. The molecule has 2 saturated heterocycles. The molecule has 38 heavy (non-hydrogen) atoms. The van der Waals surface area contributed by atoms with Crippen LogP contribution in [0, 0.1) is 5.82 Å². The highest BCUT2D eigenvalue weighted by molar-refractivity contribution is 7.89. The van der Waals surface area contributed by atoms with Gasteiger partial charge in [0.25, 0.3) is 0 Å². The van der Waals surface area contributed by atoms with Crippen molar-refractivity contribution in [3.63, 3.8) is 0 Å². The van der Waals surface area contributed by atoms with Crippen LogP contribution in [-0.4, -0.2) is 76.5 Å². The molecule has 204 valence electrons. The Morgan fingerprint density at radius 1 is 0.816 bits per heavy atom. The summed E-state index contributed by atoms with van der Waals surface area (Å²) in [5, 5.41) is 1.47. The molecule has 2 aliphatic heterocycles. The highest BCUT2D eigenvalue weighted by Crippen LogP contribution is 2.39. The van der Waals surface area contributed by atoms with Gasteiger partial charge in [-0.25, -0.2) is 12.8 Å². The van der Waals surface area contributed by atoms with E-state index in [1.54, 1.807) is 19.1 Å². The fourth-order valence-electron chi connectivity index (χ4n) is 5.46. The minimum absolute atomic E-state index is 0.00666. The summed E-state index contributed by atoms with van der Waals surface area (Å²) in [5.74, 6) is -0.970. The fraction of sp³-hybridized carbons (Fsp3) is 0.407. The molecule has 6 nitrogen and oxygen atoms in total. The van der Waals surface area contributed by atoms with E-state index in [0.29, 0.717) is 11.5 Å². The largest absolute Gasteiger partial charge is 0.418 e. The van der Waals surface area contributed by atoms with Crippen molar-refractivity contribution in [2.75, 3.05) is 62.7 Å². The Morgan fingerprint density at radius 2 is 1.45 bits per heavy atom. The van der Waals surface area contributed by atoms with Gasteiger partial charge in [0, 0.05) is 74.0 Å². The summed E-state index contributed by atoms with van der Waals surface area (Å²) in [6.45, 7) is 5.30. The first-order chi connectivity index (χ1) is 18.0. The minimum atomic E-state index is -4.73. The van der Waals surface area contributed by atoms with Crippen molar-refractivity contribution >= 4 is 32.2 Å². The van der Waals surface area contributed by atoms with Crippen LogP contribution in [-0.2, 0) is 16.2 Å². The van der Waals surface area contributed by atoms with Gasteiger partial charge in [-0.1, -0.05) is 24.3 Å². The molecule has 2 aliphatic rings. The summed E-state index contributed by atoms with van der Waals surface area (Å²) >= 11 is 0. The van der Waals surface area contributed by atoms with Crippen LogP contribution in [0.2, 0.25) is 0 Å². The summed E-state index contributed by atoms with van der Waals surface area (Å²) in [7, 11) is -1.87. The average Bonchev–Trinajstić information content (AvgIpc) is 2.88. The third-order valence-corrected chi connectivity index (χ3v) is 9.53. The van der Waals surface area contributed by atoms with Crippen molar-refractivity contribution in [1.29, 1.82) is 0 Å². The van der Waals surface area contributed by atoms with Gasteiger partial charge in [-0.15, -0.1) is 0 Å². The zero-order chi connectivity index (χ0) is 27.2. The third-order valence-electron chi connectivity index (χ3n) is 7.46. The molecule has 0 radical (unpaired) electrons. The molecule has 0 aromatic heterocycles. The molecule has 3 aromatic rings. The topological polar surface area (TPSA) is 47.1 Å². The summed E-state index contributed by atoms with van der Waals surface area (Å²) in [5.41, 5.74) is -0.224. The number of hydrogen-bond acceptors (Lipinski definition) is 5. The first-order valence-electron chi connectivity index (χ1n) is 12.6. The van der Waals surface area contributed by atoms with Crippen LogP contribution >= 0.6 is 0 Å². The standard InChI is InChI=1S/C27H30F4N4O2S/c1-19-18-34(25-8-7-20(28)17-23(25)27(29,30)31)15-16-35(19)38(36,37)26-10-9-24(21-5-3-4-6-22(21)26)33-13-11-32(2)12-14-33/h3-10,17,19H,11-16,18H2,1-2H3/t19-/m1/s1. The summed E-state index contributed by atoms with van der Waals surface area (Å²) in [4.78, 5) is 6.18. The van der Waals surface area contributed by atoms with Crippen LogP contribution in [0.25, 0.3) is 10.8 Å². The van der Waals surface area contributed by atoms with E-state index in [2.05, 4.69) is 16.8 Å². The normalized spacial score (nSPS) is 20.3. The minimum Gasteiger partial charge on any atom is -0.368 e. The predicted molar refractivity (Wildman–Crippen MR) is 141 cm³/mol. The van der Waals surface area contributed by atoms with E-state index < -0.39 is 33.6 Å². The van der Waals surface area contributed by atoms with Crippen LogP contribution in [0.5, 0.6) is 0 Å². The smallest absolute Gasteiger partial charge is 0.368 e. The number of rotatable bonds is 4. The average molecular weight is 551 g/mol. The molecule has 0 amide bonds. The van der Waals surface area contributed by atoms with Gasteiger partial charge in [0.05, 0.1) is 10.5 Å². The number of likely N-dealkylation sites (N-methyl/N-ethyl adjacent to an activating group) is 1. The van der Waals surface area contributed by atoms with Gasteiger partial charge in [0.15, 0.2) is 0 Å². The molecule has 0 saturated carbocycles. The molecule has 1 atom stereocenters. The number of anilines is 2. The van der Waals surface area contributed by atoms with Crippen LogP contribution in [0.4, 0.5) is 28.9 Å². The van der Waals surface area contributed by atoms with Crippen molar-refractivity contribution in [2.45, 2.75) is 24.0 Å². The number of benzene rings is 3. The number of sulfonamides is 1. The second-order valence-corrected chi connectivity index (χ2v) is 11.8. The molecule has 0 bridgehead atoms. The molecule has 0 unspecified atom stereocenters. The van der Waals surface area contributed by atoms with Crippen LogP contribution in [0.3, 0.4) is 0 Å². The molecule has 0 aliphatic carbocycles. The molecule has 0 spiro atoms. The van der Waals surface area contributed by atoms with E-state index in [-0.39, 0.29) is 30.2 Å². The Kier molecular flexibility index (Phi) is 7.04. The van der Waals surface area contributed by atoms with Gasteiger partial charge >= 0.3 is 6.18 Å². The second-order valence-electron chi connectivity index (χ2n) is 9.99. The van der Waals surface area contributed by atoms with Gasteiger partial charge in [-0.3, -0.25) is 0 Å². The summed E-state index contributed by atoms with van der Waals surface area (Å²) < 4.78 is 83.6. The van der Waals surface area contributed by atoms with Gasteiger partial charge in [0.2, 0.25) is 10.0 Å². The Morgan fingerprint density at radius 3 is 2.11 bits per heavy atom. The molecule has 0 N–H and O–H groups in total. The first-order valence-corrected chi connectivity index (χ1v) is 14.0. The molecule has 11 heteroatoms. The molecule has 3 aromatic carbocycles. The SMILES string of the molecule is C[C@@H]1CN(c2ccc(F)cc2C(F)(F)F)CCN1S(=O)(=O)c1ccc(N2CCN(C)CC2)c2ccccc12. The van der Waals surface area contributed by atoms with E-state index >= 15 is 0 Å². The molecular weight excluding hydrogens is 520 g/mol.